The molecule has 0 unspecified atom stereocenters. The maximum Gasteiger partial charge on any atom is 0.516 e. The van der Waals surface area contributed by atoms with E-state index >= 15 is 0 Å². The summed E-state index contributed by atoms with van der Waals surface area (Å²) in [5.74, 6) is -0.160. The molecule has 116 valence electrons. The van der Waals surface area contributed by atoms with Gasteiger partial charge in [0.25, 0.3) is 0 Å². The van der Waals surface area contributed by atoms with E-state index in [1.165, 1.54) is 0 Å². The summed E-state index contributed by atoms with van der Waals surface area (Å²) >= 11 is 0. The first-order chi connectivity index (χ1) is 9.71. The van der Waals surface area contributed by atoms with Gasteiger partial charge in [0, 0.05) is 0 Å². The molecule has 0 amide bonds. The Balaban J connectivity index is 2.56. The molecule has 0 aromatic heterocycles. The number of methoxy groups -OCH3 is 1. The fourth-order valence-electron chi connectivity index (χ4n) is 1.57. The second-order valence-electron chi connectivity index (χ2n) is 5.55. The number of nitrogens with two attached hydrogens (primary N) is 1. The van der Waals surface area contributed by atoms with E-state index in [-0.39, 0.29) is 6.42 Å². The molecule has 0 spiro atoms. The summed E-state index contributed by atoms with van der Waals surface area (Å²) in [5, 5.41) is 0. The Morgan fingerprint density at radius 3 is 2.52 bits per heavy atom. The maximum absolute atomic E-state index is 11.7. The first-order valence-corrected chi connectivity index (χ1v) is 6.54. The molecular formula is C15H21NO5. The Morgan fingerprint density at radius 2 is 1.95 bits per heavy atom. The Kier molecular flexibility index (Phi) is 5.72. The molecule has 0 aliphatic carbocycles. The highest BCUT2D eigenvalue weighted by Gasteiger charge is 2.24. The monoisotopic (exact) mass is 295 g/mol. The Hall–Kier alpha value is -2.08. The fourth-order valence-corrected chi connectivity index (χ4v) is 1.57. The van der Waals surface area contributed by atoms with Gasteiger partial charge in [-0.3, -0.25) is 0 Å². The molecule has 0 aliphatic heterocycles. The van der Waals surface area contributed by atoms with Crippen molar-refractivity contribution in [2.24, 2.45) is 5.73 Å². The highest BCUT2D eigenvalue weighted by molar-refractivity contribution is 5.85. The maximum atomic E-state index is 11.7. The van der Waals surface area contributed by atoms with E-state index in [0.717, 1.165) is 5.56 Å². The number of hydrogen-bond acceptors (Lipinski definition) is 6. The van der Waals surface area contributed by atoms with Crippen molar-refractivity contribution in [3.8, 4) is 5.75 Å². The Bertz CT molecular complexity index is 507. The van der Waals surface area contributed by atoms with Gasteiger partial charge in [-0.2, -0.15) is 0 Å². The minimum atomic E-state index is -1.05. The van der Waals surface area contributed by atoms with Crippen LogP contribution < -0.4 is 10.5 Å². The third-order valence-electron chi connectivity index (χ3n) is 2.47. The van der Waals surface area contributed by atoms with Gasteiger partial charge in [-0.15, -0.1) is 0 Å². The molecule has 1 aromatic rings. The van der Waals surface area contributed by atoms with Crippen LogP contribution in [0.25, 0.3) is 0 Å². The van der Waals surface area contributed by atoms with Crippen LogP contribution in [0.2, 0.25) is 0 Å². The van der Waals surface area contributed by atoms with Crippen LogP contribution in [0.5, 0.6) is 5.75 Å². The van der Waals surface area contributed by atoms with Gasteiger partial charge in [0.15, 0.2) is 0 Å². The lowest BCUT2D eigenvalue weighted by molar-refractivity contribution is -0.142. The molecule has 0 heterocycles. The average Bonchev–Trinajstić information content (AvgIpc) is 2.36. The molecule has 1 atom stereocenters. The molecule has 1 aromatic carbocycles. The van der Waals surface area contributed by atoms with Gasteiger partial charge in [-0.05, 0) is 44.9 Å². The van der Waals surface area contributed by atoms with Crippen molar-refractivity contribution in [2.75, 3.05) is 7.11 Å². The van der Waals surface area contributed by atoms with Crippen molar-refractivity contribution in [2.45, 2.75) is 38.8 Å². The highest BCUT2D eigenvalue weighted by atomic mass is 16.7. The molecule has 0 aliphatic rings. The van der Waals surface area contributed by atoms with Crippen LogP contribution in [0, 0.1) is 0 Å². The number of ether oxygens (including phenoxy) is 3. The second-order valence-corrected chi connectivity index (χ2v) is 5.55. The van der Waals surface area contributed by atoms with E-state index < -0.39 is 23.8 Å². The standard InChI is InChI=1S/C15H21NO5/c1-15(2,3)21-14(18)20-13(17)12(16)9-10-6-5-7-11(8-10)19-4/h5-8,12H,9,16H2,1-4H3/t12-/m1/s1. The van der Waals surface area contributed by atoms with Crippen molar-refractivity contribution in [3.63, 3.8) is 0 Å². The Labute approximate surface area is 124 Å². The SMILES string of the molecule is COc1cccc(C[C@@H](N)C(=O)OC(=O)OC(C)(C)C)c1. The normalized spacial score (nSPS) is 12.4. The zero-order valence-corrected chi connectivity index (χ0v) is 12.7. The van der Waals surface area contributed by atoms with Gasteiger partial charge in [0.1, 0.15) is 17.4 Å². The molecule has 0 saturated heterocycles. The van der Waals surface area contributed by atoms with E-state index in [2.05, 4.69) is 4.74 Å². The van der Waals surface area contributed by atoms with Crippen molar-refractivity contribution in [1.29, 1.82) is 0 Å². The third-order valence-corrected chi connectivity index (χ3v) is 2.47. The van der Waals surface area contributed by atoms with Gasteiger partial charge < -0.3 is 19.9 Å². The third kappa shape index (κ3) is 6.27. The van der Waals surface area contributed by atoms with Gasteiger partial charge in [0.2, 0.25) is 0 Å². The van der Waals surface area contributed by atoms with E-state index in [4.69, 9.17) is 15.2 Å². The number of rotatable bonds is 4. The Morgan fingerprint density at radius 1 is 1.29 bits per heavy atom. The summed E-state index contributed by atoms with van der Waals surface area (Å²) in [4.78, 5) is 23.1. The van der Waals surface area contributed by atoms with Crippen LogP contribution in [0.15, 0.2) is 24.3 Å². The molecule has 1 rings (SSSR count). The van der Waals surface area contributed by atoms with Gasteiger partial charge in [0.05, 0.1) is 7.11 Å². The molecule has 6 heteroatoms. The van der Waals surface area contributed by atoms with Crippen molar-refractivity contribution < 1.29 is 23.8 Å². The van der Waals surface area contributed by atoms with E-state index in [9.17, 15) is 9.59 Å². The molecule has 6 nitrogen and oxygen atoms in total. The second kappa shape index (κ2) is 7.08. The fraction of sp³-hybridized carbons (Fsp3) is 0.467. The van der Waals surface area contributed by atoms with Crippen molar-refractivity contribution in [1.82, 2.24) is 0 Å². The first-order valence-electron chi connectivity index (χ1n) is 6.54. The van der Waals surface area contributed by atoms with Crippen LogP contribution in [0.3, 0.4) is 0 Å². The number of benzene rings is 1. The van der Waals surface area contributed by atoms with Gasteiger partial charge >= 0.3 is 12.1 Å². The van der Waals surface area contributed by atoms with Crippen LogP contribution in [0.4, 0.5) is 4.79 Å². The van der Waals surface area contributed by atoms with E-state index in [1.807, 2.05) is 6.07 Å². The minimum absolute atomic E-state index is 0.235. The summed E-state index contributed by atoms with van der Waals surface area (Å²) in [6.45, 7) is 5.03. The van der Waals surface area contributed by atoms with E-state index in [1.54, 1.807) is 46.1 Å². The highest BCUT2D eigenvalue weighted by Crippen LogP contribution is 2.14. The summed E-state index contributed by atoms with van der Waals surface area (Å²) in [5.41, 5.74) is 5.81. The van der Waals surface area contributed by atoms with Gasteiger partial charge in [-0.25, -0.2) is 9.59 Å². The average molecular weight is 295 g/mol. The summed E-state index contributed by atoms with van der Waals surface area (Å²) in [6, 6.07) is 6.20. The predicted molar refractivity (Wildman–Crippen MR) is 77.0 cm³/mol. The lowest BCUT2D eigenvalue weighted by atomic mass is 10.1. The summed E-state index contributed by atoms with van der Waals surface area (Å²) in [7, 11) is 1.55. The number of hydrogen-bond donors (Lipinski definition) is 1. The predicted octanol–water partition coefficient (Wildman–Crippen LogP) is 2.04. The van der Waals surface area contributed by atoms with Crippen molar-refractivity contribution in [3.05, 3.63) is 29.8 Å². The number of carbonyl (C=O) groups is 2. The lowest BCUT2D eigenvalue weighted by Gasteiger charge is -2.19. The number of carbonyl (C=O) groups excluding carboxylic acids is 2. The van der Waals surface area contributed by atoms with Crippen LogP contribution >= 0.6 is 0 Å². The van der Waals surface area contributed by atoms with Crippen molar-refractivity contribution >= 4 is 12.1 Å². The molecule has 0 fully saturated rings. The van der Waals surface area contributed by atoms with Crippen LogP contribution in [0.1, 0.15) is 26.3 Å². The minimum Gasteiger partial charge on any atom is -0.497 e. The van der Waals surface area contributed by atoms with E-state index in [0.29, 0.717) is 5.75 Å². The van der Waals surface area contributed by atoms with Gasteiger partial charge in [-0.1, -0.05) is 12.1 Å². The molecule has 2 N–H and O–H groups in total. The molecule has 0 saturated carbocycles. The summed E-state index contributed by atoms with van der Waals surface area (Å²) < 4.78 is 14.5. The topological polar surface area (TPSA) is 87.9 Å². The molecule has 21 heavy (non-hydrogen) atoms. The first kappa shape index (κ1) is 17.0. The smallest absolute Gasteiger partial charge is 0.497 e. The zero-order valence-electron chi connectivity index (χ0n) is 12.7. The molecule has 0 bridgehead atoms. The van der Waals surface area contributed by atoms with Crippen LogP contribution in [-0.2, 0) is 20.7 Å². The summed E-state index contributed by atoms with van der Waals surface area (Å²) in [6.07, 6.45) is -0.813. The number of esters is 1. The largest absolute Gasteiger partial charge is 0.516 e. The van der Waals surface area contributed by atoms with Crippen LogP contribution in [-0.4, -0.2) is 30.9 Å². The lowest BCUT2D eigenvalue weighted by Crippen LogP contribution is -2.37. The zero-order chi connectivity index (χ0) is 16.0. The molecular weight excluding hydrogens is 274 g/mol. The quantitative estimate of drug-likeness (QED) is 0.675. The molecule has 0 radical (unpaired) electrons.